The van der Waals surface area contributed by atoms with Crippen LogP contribution < -0.4 is 0 Å². The lowest BCUT2D eigenvalue weighted by Gasteiger charge is -2.17. The number of aryl methyl sites for hydroxylation is 1. The van der Waals surface area contributed by atoms with Crippen molar-refractivity contribution in [3.63, 3.8) is 0 Å². The molecule has 0 radical (unpaired) electrons. The molecule has 3 heterocycles. The van der Waals surface area contributed by atoms with Gasteiger partial charge in [-0.1, -0.05) is 42.1 Å². The van der Waals surface area contributed by atoms with Gasteiger partial charge in [0.15, 0.2) is 16.8 Å². The van der Waals surface area contributed by atoms with Crippen LogP contribution in [0.1, 0.15) is 40.3 Å². The number of thioether (sulfide) groups is 1. The van der Waals surface area contributed by atoms with Gasteiger partial charge in [-0.25, -0.2) is 0 Å². The van der Waals surface area contributed by atoms with E-state index in [0.29, 0.717) is 18.3 Å². The summed E-state index contributed by atoms with van der Waals surface area (Å²) in [6.45, 7) is 7.32. The number of carbonyl (C=O) groups is 1. The van der Waals surface area contributed by atoms with E-state index >= 15 is 0 Å². The predicted octanol–water partition coefficient (Wildman–Crippen LogP) is 4.99. The molecule has 1 aromatic carbocycles. The molecule has 3 aromatic heterocycles. The van der Waals surface area contributed by atoms with Crippen LogP contribution >= 0.6 is 11.8 Å². The molecular formula is C26H29N5O2S. The Morgan fingerprint density at radius 2 is 1.91 bits per heavy atom. The summed E-state index contributed by atoms with van der Waals surface area (Å²) in [6.07, 6.45) is 3.51. The molecule has 0 fully saturated rings. The van der Waals surface area contributed by atoms with Crippen LogP contribution in [0.25, 0.3) is 11.4 Å². The second kappa shape index (κ2) is 10.8. The minimum atomic E-state index is 0.0751. The summed E-state index contributed by atoms with van der Waals surface area (Å²) in [7, 11) is 1.69. The van der Waals surface area contributed by atoms with E-state index in [-0.39, 0.29) is 17.6 Å². The molecule has 0 aliphatic heterocycles. The van der Waals surface area contributed by atoms with Gasteiger partial charge in [-0.2, -0.15) is 0 Å². The summed E-state index contributed by atoms with van der Waals surface area (Å²) in [5.74, 6) is 1.09. The Morgan fingerprint density at radius 3 is 2.62 bits per heavy atom. The number of rotatable bonds is 10. The minimum absolute atomic E-state index is 0.0751. The van der Waals surface area contributed by atoms with E-state index in [1.165, 1.54) is 11.8 Å². The van der Waals surface area contributed by atoms with Crippen molar-refractivity contribution in [2.24, 2.45) is 0 Å². The number of pyridine rings is 1. The molecule has 0 unspecified atom stereocenters. The molecule has 0 amide bonds. The van der Waals surface area contributed by atoms with Crippen LogP contribution in [0, 0.1) is 13.8 Å². The lowest BCUT2D eigenvalue weighted by atomic mass is 10.2. The molecule has 0 aliphatic carbocycles. The van der Waals surface area contributed by atoms with Crippen molar-refractivity contribution in [1.29, 1.82) is 0 Å². The second-order valence-electron chi connectivity index (χ2n) is 8.29. The molecule has 176 valence electrons. The Bertz CT molecular complexity index is 1250. The summed E-state index contributed by atoms with van der Waals surface area (Å²) >= 11 is 1.41. The minimum Gasteiger partial charge on any atom is -0.383 e. The first-order valence-electron chi connectivity index (χ1n) is 11.2. The van der Waals surface area contributed by atoms with Crippen molar-refractivity contribution in [3.05, 3.63) is 83.4 Å². The zero-order valence-electron chi connectivity index (χ0n) is 19.9. The number of aromatic nitrogens is 5. The summed E-state index contributed by atoms with van der Waals surface area (Å²) in [6, 6.07) is 16.2. The van der Waals surface area contributed by atoms with Gasteiger partial charge in [0.25, 0.3) is 0 Å². The average molecular weight is 476 g/mol. The predicted molar refractivity (Wildman–Crippen MR) is 134 cm³/mol. The van der Waals surface area contributed by atoms with Gasteiger partial charge in [0, 0.05) is 42.0 Å². The highest BCUT2D eigenvalue weighted by Crippen LogP contribution is 2.27. The highest BCUT2D eigenvalue weighted by Gasteiger charge is 2.21. The van der Waals surface area contributed by atoms with Gasteiger partial charge < -0.3 is 9.30 Å². The van der Waals surface area contributed by atoms with Crippen LogP contribution in [-0.4, -0.2) is 49.6 Å². The normalized spacial score (nSPS) is 12.1. The summed E-state index contributed by atoms with van der Waals surface area (Å²) in [5.41, 5.74) is 4.79. The molecule has 1 atom stereocenters. The maximum atomic E-state index is 13.2. The fourth-order valence-corrected chi connectivity index (χ4v) is 5.09. The Kier molecular flexibility index (Phi) is 7.59. The van der Waals surface area contributed by atoms with E-state index in [4.69, 9.17) is 4.74 Å². The number of ketones is 1. The van der Waals surface area contributed by atoms with Crippen LogP contribution in [0.4, 0.5) is 0 Å². The largest absolute Gasteiger partial charge is 0.383 e. The third-order valence-corrected chi connectivity index (χ3v) is 6.75. The number of hydrogen-bond acceptors (Lipinski definition) is 6. The SMILES string of the molecule is COC[C@H](C)n1c(C)cc(C(=O)CSc2nnc(-c3cccnc3)n2Cc2ccccc2)c1C. The van der Waals surface area contributed by atoms with Gasteiger partial charge in [-0.3, -0.25) is 14.3 Å². The van der Waals surface area contributed by atoms with Crippen LogP contribution in [0.15, 0.2) is 66.1 Å². The van der Waals surface area contributed by atoms with Crippen LogP contribution in [0.2, 0.25) is 0 Å². The molecule has 34 heavy (non-hydrogen) atoms. The van der Waals surface area contributed by atoms with Crippen LogP contribution in [0.5, 0.6) is 0 Å². The zero-order chi connectivity index (χ0) is 24.1. The van der Waals surface area contributed by atoms with Gasteiger partial charge in [-0.15, -0.1) is 10.2 Å². The lowest BCUT2D eigenvalue weighted by molar-refractivity contribution is 0.102. The van der Waals surface area contributed by atoms with Crippen molar-refractivity contribution < 1.29 is 9.53 Å². The lowest BCUT2D eigenvalue weighted by Crippen LogP contribution is -2.15. The van der Waals surface area contributed by atoms with E-state index < -0.39 is 0 Å². The smallest absolute Gasteiger partial charge is 0.192 e. The van der Waals surface area contributed by atoms with Crippen molar-refractivity contribution in [2.45, 2.75) is 38.5 Å². The number of ether oxygens (including phenoxy) is 1. The van der Waals surface area contributed by atoms with E-state index in [1.54, 1.807) is 19.5 Å². The van der Waals surface area contributed by atoms with Gasteiger partial charge >= 0.3 is 0 Å². The summed E-state index contributed by atoms with van der Waals surface area (Å²) < 4.78 is 9.53. The molecule has 7 nitrogen and oxygen atoms in total. The quantitative estimate of drug-likeness (QED) is 0.238. The van der Waals surface area contributed by atoms with Crippen molar-refractivity contribution in [2.75, 3.05) is 19.5 Å². The number of benzene rings is 1. The molecule has 4 rings (SSSR count). The number of carbonyl (C=O) groups excluding carboxylic acids is 1. The van der Waals surface area contributed by atoms with Crippen molar-refractivity contribution in [1.82, 2.24) is 24.3 Å². The van der Waals surface area contributed by atoms with Gasteiger partial charge in [-0.05, 0) is 44.5 Å². The van der Waals surface area contributed by atoms with Crippen LogP contribution in [0.3, 0.4) is 0 Å². The summed E-state index contributed by atoms with van der Waals surface area (Å²) in [4.78, 5) is 17.4. The third-order valence-electron chi connectivity index (χ3n) is 5.79. The molecule has 4 aromatic rings. The standard InChI is InChI=1S/C26H29N5O2S/c1-18-13-23(20(3)31(18)19(2)16-33-4)24(32)17-34-26-29-28-25(22-11-8-12-27-14-22)30(26)15-21-9-6-5-7-10-21/h5-14,19H,15-17H2,1-4H3/t19-/m0/s1. The van der Waals surface area contributed by atoms with Gasteiger partial charge in [0.2, 0.25) is 0 Å². The maximum absolute atomic E-state index is 13.2. The van der Waals surface area contributed by atoms with Gasteiger partial charge in [0.1, 0.15) is 0 Å². The molecular weight excluding hydrogens is 446 g/mol. The Hall–Kier alpha value is -3.23. The fourth-order valence-electron chi connectivity index (χ4n) is 4.27. The number of nitrogens with zero attached hydrogens (tertiary/aromatic N) is 5. The fraction of sp³-hybridized carbons (Fsp3) is 0.308. The highest BCUT2D eigenvalue weighted by atomic mass is 32.2. The zero-order valence-corrected chi connectivity index (χ0v) is 20.7. The first-order chi connectivity index (χ1) is 16.5. The molecule has 0 aliphatic rings. The van der Waals surface area contributed by atoms with E-state index in [0.717, 1.165) is 33.9 Å². The van der Waals surface area contributed by atoms with Crippen molar-refractivity contribution >= 4 is 17.5 Å². The topological polar surface area (TPSA) is 74.8 Å². The molecule has 0 bridgehead atoms. The molecule has 0 spiro atoms. The van der Waals surface area contributed by atoms with E-state index in [2.05, 4.69) is 38.8 Å². The van der Waals surface area contributed by atoms with E-state index in [1.807, 2.05) is 54.8 Å². The van der Waals surface area contributed by atoms with E-state index in [9.17, 15) is 4.79 Å². The first kappa shape index (κ1) is 23.9. The maximum Gasteiger partial charge on any atom is 0.192 e. The summed E-state index contributed by atoms with van der Waals surface area (Å²) in [5, 5.41) is 9.57. The van der Waals surface area contributed by atoms with Crippen molar-refractivity contribution in [3.8, 4) is 11.4 Å². The Labute approximate surface area is 204 Å². The molecule has 0 saturated heterocycles. The second-order valence-corrected chi connectivity index (χ2v) is 9.23. The number of Topliss-reactive ketones (excluding diaryl/α,β-unsaturated/α-hetero) is 1. The Balaban J connectivity index is 1.58. The van der Waals surface area contributed by atoms with Crippen LogP contribution in [-0.2, 0) is 11.3 Å². The third kappa shape index (κ3) is 5.13. The number of methoxy groups -OCH3 is 1. The molecule has 0 N–H and O–H groups in total. The van der Waals surface area contributed by atoms with Gasteiger partial charge in [0.05, 0.1) is 24.9 Å². The number of hydrogen-bond donors (Lipinski definition) is 0. The highest BCUT2D eigenvalue weighted by molar-refractivity contribution is 7.99. The average Bonchev–Trinajstić information content (AvgIpc) is 3.38. The monoisotopic (exact) mass is 475 g/mol. The Morgan fingerprint density at radius 1 is 1.12 bits per heavy atom. The first-order valence-corrected chi connectivity index (χ1v) is 12.2. The molecule has 8 heteroatoms. The molecule has 0 saturated carbocycles.